The highest BCUT2D eigenvalue weighted by atomic mass is 16.5. The van der Waals surface area contributed by atoms with Gasteiger partial charge in [-0.2, -0.15) is 0 Å². The van der Waals surface area contributed by atoms with Gasteiger partial charge in [-0.05, 0) is 24.0 Å². The van der Waals surface area contributed by atoms with E-state index < -0.39 is 0 Å². The van der Waals surface area contributed by atoms with Gasteiger partial charge >= 0.3 is 0 Å². The first-order chi connectivity index (χ1) is 18.0. The Bertz CT molecular complexity index is 753. The van der Waals surface area contributed by atoms with Crippen LogP contribution in [0.25, 0.3) is 0 Å². The van der Waals surface area contributed by atoms with E-state index in [-0.39, 0.29) is 30.9 Å². The zero-order valence-corrected chi connectivity index (χ0v) is 23.6. The number of nitrogens with zero attached hydrogens (tertiary/aromatic N) is 1. The molecule has 1 rings (SSSR count). The van der Waals surface area contributed by atoms with Crippen molar-refractivity contribution >= 4 is 17.7 Å². The largest absolute Gasteiger partial charge is 0.362 e. The molecule has 0 aliphatic carbocycles. The third-order valence-corrected chi connectivity index (χ3v) is 6.40. The maximum Gasteiger partial charge on any atom is 0.248 e. The van der Waals surface area contributed by atoms with Crippen molar-refractivity contribution in [2.75, 3.05) is 26.3 Å². The van der Waals surface area contributed by atoms with Gasteiger partial charge in [0.05, 0.1) is 0 Å². The van der Waals surface area contributed by atoms with Crippen LogP contribution in [0.15, 0.2) is 24.3 Å². The minimum atomic E-state index is -0.251. The lowest BCUT2D eigenvalue weighted by Crippen LogP contribution is -2.37. The van der Waals surface area contributed by atoms with Gasteiger partial charge in [0.15, 0.2) is 0 Å². The molecule has 37 heavy (non-hydrogen) atoms. The highest BCUT2D eigenvalue weighted by Crippen LogP contribution is 2.10. The fourth-order valence-electron chi connectivity index (χ4n) is 4.18. The molecule has 0 saturated carbocycles. The Morgan fingerprint density at radius 1 is 0.730 bits per heavy atom. The van der Waals surface area contributed by atoms with Gasteiger partial charge in [-0.15, -0.1) is 0 Å². The summed E-state index contributed by atoms with van der Waals surface area (Å²) in [6.45, 7) is 8.07. The molecule has 0 spiro atoms. The fraction of sp³-hybridized carbons (Fsp3) is 0.700. The van der Waals surface area contributed by atoms with E-state index in [9.17, 15) is 14.4 Å². The van der Waals surface area contributed by atoms with Crippen molar-refractivity contribution in [2.45, 2.75) is 111 Å². The van der Waals surface area contributed by atoms with Gasteiger partial charge in [-0.1, -0.05) is 102 Å². The summed E-state index contributed by atoms with van der Waals surface area (Å²) >= 11 is 0. The molecule has 1 aromatic carbocycles. The molecule has 210 valence electrons. The number of hydrogen-bond donors (Lipinski definition) is 2. The molecule has 0 unspecified atom stereocenters. The molecule has 0 bridgehead atoms. The van der Waals surface area contributed by atoms with Crippen LogP contribution in [0, 0.1) is 0 Å². The lowest BCUT2D eigenvalue weighted by Gasteiger charge is -2.23. The summed E-state index contributed by atoms with van der Waals surface area (Å²) in [7, 11) is 0. The predicted molar refractivity (Wildman–Crippen MR) is 150 cm³/mol. The first-order valence-electron chi connectivity index (χ1n) is 14.4. The van der Waals surface area contributed by atoms with Crippen LogP contribution in [0.1, 0.15) is 109 Å². The summed E-state index contributed by atoms with van der Waals surface area (Å²) in [5.41, 5.74) is 1.91. The van der Waals surface area contributed by atoms with Gasteiger partial charge in [-0.3, -0.25) is 14.4 Å². The second-order valence-corrected chi connectivity index (χ2v) is 9.92. The fourth-order valence-corrected chi connectivity index (χ4v) is 4.18. The van der Waals surface area contributed by atoms with E-state index in [0.29, 0.717) is 13.1 Å². The summed E-state index contributed by atoms with van der Waals surface area (Å²) in [6.07, 6.45) is 14.3. The highest BCUT2D eigenvalue weighted by Gasteiger charge is 2.14. The topological polar surface area (TPSA) is 87.7 Å². The molecular weight excluding hydrogens is 466 g/mol. The zero-order valence-electron chi connectivity index (χ0n) is 23.6. The SMILES string of the molecule is CCCCCCCCN(CCCCCCCC)C(=O)COCC(=O)NCc1cccc(CNC(C)=O)c1. The number of benzene rings is 1. The molecule has 0 aromatic heterocycles. The summed E-state index contributed by atoms with van der Waals surface area (Å²) in [5, 5.41) is 5.60. The standard InChI is InChI=1S/C30H51N3O4/c1-4-6-8-10-12-14-19-33(20-15-13-11-9-7-5-2)30(36)25-37-24-29(35)32-23-28-18-16-17-27(21-28)22-31-26(3)34/h16-18,21H,4-15,19-20,22-25H2,1-3H3,(H,31,34)(H,32,35). The van der Waals surface area contributed by atoms with Crippen LogP contribution in [0.4, 0.5) is 0 Å². The van der Waals surface area contributed by atoms with E-state index in [4.69, 9.17) is 4.74 Å². The molecule has 7 heteroatoms. The van der Waals surface area contributed by atoms with E-state index >= 15 is 0 Å². The van der Waals surface area contributed by atoms with Crippen LogP contribution in [0.5, 0.6) is 0 Å². The van der Waals surface area contributed by atoms with Crippen LogP contribution in [0.3, 0.4) is 0 Å². The van der Waals surface area contributed by atoms with E-state index in [1.807, 2.05) is 29.2 Å². The lowest BCUT2D eigenvalue weighted by atomic mass is 10.1. The quantitative estimate of drug-likeness (QED) is 0.199. The highest BCUT2D eigenvalue weighted by molar-refractivity contribution is 5.79. The number of nitrogens with one attached hydrogen (secondary N) is 2. The Hall–Kier alpha value is -2.41. The number of amides is 3. The van der Waals surface area contributed by atoms with Gasteiger partial charge in [0, 0.05) is 33.1 Å². The van der Waals surface area contributed by atoms with Gasteiger partial charge in [0.25, 0.3) is 0 Å². The number of unbranched alkanes of at least 4 members (excludes halogenated alkanes) is 10. The van der Waals surface area contributed by atoms with Crippen molar-refractivity contribution in [3.63, 3.8) is 0 Å². The maximum absolute atomic E-state index is 12.8. The van der Waals surface area contributed by atoms with Crippen molar-refractivity contribution in [3.05, 3.63) is 35.4 Å². The first-order valence-corrected chi connectivity index (χ1v) is 14.4. The van der Waals surface area contributed by atoms with Gasteiger partial charge in [0.2, 0.25) is 17.7 Å². The average Bonchev–Trinajstić information content (AvgIpc) is 2.89. The Balaban J connectivity index is 2.38. The molecular formula is C30H51N3O4. The van der Waals surface area contributed by atoms with E-state index in [2.05, 4.69) is 24.5 Å². The molecule has 2 N–H and O–H groups in total. The van der Waals surface area contributed by atoms with Gasteiger partial charge in [-0.25, -0.2) is 0 Å². The lowest BCUT2D eigenvalue weighted by molar-refractivity contribution is -0.138. The Kier molecular flexibility index (Phi) is 19.1. The first kappa shape index (κ1) is 32.6. The molecule has 0 aliphatic rings. The molecule has 0 saturated heterocycles. The smallest absolute Gasteiger partial charge is 0.248 e. The van der Waals surface area contributed by atoms with E-state index in [0.717, 1.165) is 49.9 Å². The zero-order chi connectivity index (χ0) is 27.1. The van der Waals surface area contributed by atoms with Crippen LogP contribution in [-0.2, 0) is 32.2 Å². The second kappa shape index (κ2) is 21.7. The molecule has 3 amide bonds. The van der Waals surface area contributed by atoms with E-state index in [1.54, 1.807) is 0 Å². The third-order valence-electron chi connectivity index (χ3n) is 6.40. The average molecular weight is 518 g/mol. The number of carbonyl (C=O) groups is 3. The molecule has 0 heterocycles. The number of rotatable bonds is 22. The summed E-state index contributed by atoms with van der Waals surface area (Å²) in [6, 6.07) is 7.70. The number of hydrogen-bond acceptors (Lipinski definition) is 4. The van der Waals surface area contributed by atoms with Crippen molar-refractivity contribution in [2.24, 2.45) is 0 Å². The summed E-state index contributed by atoms with van der Waals surface area (Å²) in [5.74, 6) is -0.359. The molecule has 1 aromatic rings. The van der Waals surface area contributed by atoms with Crippen molar-refractivity contribution in [1.29, 1.82) is 0 Å². The number of carbonyl (C=O) groups excluding carboxylic acids is 3. The van der Waals surface area contributed by atoms with Gasteiger partial charge < -0.3 is 20.3 Å². The van der Waals surface area contributed by atoms with Gasteiger partial charge in [0.1, 0.15) is 13.2 Å². The Morgan fingerprint density at radius 3 is 1.78 bits per heavy atom. The summed E-state index contributed by atoms with van der Waals surface area (Å²) < 4.78 is 5.48. The summed E-state index contributed by atoms with van der Waals surface area (Å²) in [4.78, 5) is 38.1. The normalized spacial score (nSPS) is 10.8. The predicted octanol–water partition coefficient (Wildman–Crippen LogP) is 5.51. The maximum atomic E-state index is 12.8. The van der Waals surface area contributed by atoms with Crippen LogP contribution < -0.4 is 10.6 Å². The van der Waals surface area contributed by atoms with Crippen LogP contribution >= 0.6 is 0 Å². The minimum Gasteiger partial charge on any atom is -0.362 e. The molecule has 0 fully saturated rings. The Morgan fingerprint density at radius 2 is 1.24 bits per heavy atom. The Labute approximate surface area is 225 Å². The molecule has 0 radical (unpaired) electrons. The monoisotopic (exact) mass is 517 g/mol. The molecule has 7 nitrogen and oxygen atoms in total. The third kappa shape index (κ3) is 17.6. The molecule has 0 atom stereocenters. The molecule has 0 aliphatic heterocycles. The minimum absolute atomic E-state index is 0.0272. The second-order valence-electron chi connectivity index (χ2n) is 9.92. The number of ether oxygens (including phenoxy) is 1. The van der Waals surface area contributed by atoms with Crippen LogP contribution in [0.2, 0.25) is 0 Å². The van der Waals surface area contributed by atoms with Crippen LogP contribution in [-0.4, -0.2) is 48.9 Å². The van der Waals surface area contributed by atoms with E-state index in [1.165, 1.54) is 58.3 Å². The van der Waals surface area contributed by atoms with Crippen molar-refractivity contribution in [3.8, 4) is 0 Å². The van der Waals surface area contributed by atoms with Crippen molar-refractivity contribution in [1.82, 2.24) is 15.5 Å². The van der Waals surface area contributed by atoms with Crippen molar-refractivity contribution < 1.29 is 19.1 Å².